The van der Waals surface area contributed by atoms with Crippen molar-refractivity contribution < 1.29 is 14.1 Å². The monoisotopic (exact) mass is 557 g/mol. The summed E-state index contributed by atoms with van der Waals surface area (Å²) in [6.45, 7) is 9.72. The molecule has 1 atom stereocenters. The van der Waals surface area contributed by atoms with E-state index < -0.39 is 4.92 Å². The van der Waals surface area contributed by atoms with Gasteiger partial charge in [-0.2, -0.15) is 0 Å². The van der Waals surface area contributed by atoms with E-state index in [1.54, 1.807) is 12.1 Å². The highest BCUT2D eigenvalue weighted by Crippen LogP contribution is 2.16. The fourth-order valence-corrected chi connectivity index (χ4v) is 3.34. The van der Waals surface area contributed by atoms with E-state index in [9.17, 15) is 10.1 Å². The second-order valence-corrected chi connectivity index (χ2v) is 7.64. The van der Waals surface area contributed by atoms with Gasteiger partial charge in [-0.15, -0.1) is 24.0 Å². The van der Waals surface area contributed by atoms with Crippen LogP contribution in [0.15, 0.2) is 45.8 Å². The Labute approximate surface area is 205 Å². The van der Waals surface area contributed by atoms with E-state index in [0.717, 1.165) is 62.9 Å². The average Bonchev–Trinajstić information content (AvgIpc) is 3.22. The molecule has 2 heterocycles. The highest BCUT2D eigenvalue weighted by Gasteiger charge is 2.13. The summed E-state index contributed by atoms with van der Waals surface area (Å²) in [7, 11) is 0. The van der Waals surface area contributed by atoms with E-state index in [1.165, 1.54) is 12.1 Å². The van der Waals surface area contributed by atoms with Crippen molar-refractivity contribution in [3.8, 4) is 0 Å². The smallest absolute Gasteiger partial charge is 0.269 e. The number of halogens is 1. The number of hydrogen-bond acceptors (Lipinski definition) is 6. The molecule has 0 amide bonds. The first-order valence-electron chi connectivity index (χ1n) is 10.7. The lowest BCUT2D eigenvalue weighted by Gasteiger charge is -2.26. The van der Waals surface area contributed by atoms with Gasteiger partial charge >= 0.3 is 0 Å². The van der Waals surface area contributed by atoms with Crippen molar-refractivity contribution in [2.75, 3.05) is 39.4 Å². The lowest BCUT2D eigenvalue weighted by atomic mass is 10.2. The van der Waals surface area contributed by atoms with Crippen molar-refractivity contribution in [1.29, 1.82) is 0 Å². The molecule has 176 valence electrons. The zero-order valence-corrected chi connectivity index (χ0v) is 20.9. The number of furan rings is 1. The number of nitrogens with one attached hydrogen (secondary N) is 2. The molecular formula is C22H32IN5O4. The quantitative estimate of drug-likeness (QED) is 0.121. The second kappa shape index (κ2) is 13.4. The van der Waals surface area contributed by atoms with Gasteiger partial charge in [-0.25, -0.2) is 4.99 Å². The Balaban J connectivity index is 0.00000363. The number of guanidine groups is 1. The first kappa shape index (κ1) is 26.1. The first-order chi connectivity index (χ1) is 15.0. The van der Waals surface area contributed by atoms with Crippen molar-refractivity contribution in [1.82, 2.24) is 15.5 Å². The fraction of sp³-hybridized carbons (Fsp3) is 0.500. The number of rotatable bonds is 9. The predicted octanol–water partition coefficient (Wildman–Crippen LogP) is 3.63. The van der Waals surface area contributed by atoms with Crippen molar-refractivity contribution >= 4 is 35.6 Å². The molecule has 2 N–H and O–H groups in total. The van der Waals surface area contributed by atoms with Crippen LogP contribution in [0, 0.1) is 17.0 Å². The highest BCUT2D eigenvalue weighted by atomic mass is 127. The molecule has 1 aliphatic heterocycles. The minimum absolute atomic E-state index is 0. The van der Waals surface area contributed by atoms with E-state index in [4.69, 9.17) is 9.15 Å². The molecule has 1 aromatic carbocycles. The topological polar surface area (TPSA) is 105 Å². The molecule has 0 saturated carbocycles. The van der Waals surface area contributed by atoms with Crippen LogP contribution < -0.4 is 10.6 Å². The molecule has 10 heteroatoms. The molecule has 9 nitrogen and oxygen atoms in total. The van der Waals surface area contributed by atoms with Crippen LogP contribution in [-0.2, 0) is 11.3 Å². The van der Waals surface area contributed by atoms with Crippen molar-refractivity contribution in [2.24, 2.45) is 4.99 Å². The molecule has 0 spiro atoms. The Morgan fingerprint density at radius 2 is 1.94 bits per heavy atom. The molecule has 0 radical (unpaired) electrons. The minimum Gasteiger partial charge on any atom is -0.464 e. The number of benzene rings is 1. The lowest BCUT2D eigenvalue weighted by molar-refractivity contribution is -0.384. The molecule has 1 aliphatic rings. The number of nitrogens with zero attached hydrogens (tertiary/aromatic N) is 3. The zero-order valence-electron chi connectivity index (χ0n) is 18.6. The summed E-state index contributed by atoms with van der Waals surface area (Å²) in [6.07, 6.45) is 0.993. The molecule has 1 fully saturated rings. The molecular weight excluding hydrogens is 525 g/mol. The summed E-state index contributed by atoms with van der Waals surface area (Å²) in [4.78, 5) is 17.5. The van der Waals surface area contributed by atoms with Crippen LogP contribution in [0.5, 0.6) is 0 Å². The number of aliphatic imine (C=N–C) groups is 1. The molecule has 32 heavy (non-hydrogen) atoms. The third-order valence-corrected chi connectivity index (χ3v) is 5.16. The maximum atomic E-state index is 10.8. The molecule has 0 bridgehead atoms. The van der Waals surface area contributed by atoms with Gasteiger partial charge in [-0.05, 0) is 44.5 Å². The van der Waals surface area contributed by atoms with Gasteiger partial charge in [-0.3, -0.25) is 15.0 Å². The van der Waals surface area contributed by atoms with Crippen LogP contribution in [0.3, 0.4) is 0 Å². The summed E-state index contributed by atoms with van der Waals surface area (Å²) in [5, 5.41) is 17.6. The van der Waals surface area contributed by atoms with E-state index in [2.05, 4.69) is 20.5 Å². The number of morpholine rings is 1. The summed E-state index contributed by atoms with van der Waals surface area (Å²) < 4.78 is 11.1. The third kappa shape index (κ3) is 8.40. The van der Waals surface area contributed by atoms with Crippen molar-refractivity contribution in [3.05, 3.63) is 63.6 Å². The van der Waals surface area contributed by atoms with Gasteiger partial charge in [0.15, 0.2) is 5.96 Å². The van der Waals surface area contributed by atoms with Gasteiger partial charge in [0.25, 0.3) is 5.69 Å². The Kier molecular flexibility index (Phi) is 10.9. The normalized spacial score (nSPS) is 15.6. The van der Waals surface area contributed by atoms with Crippen molar-refractivity contribution in [2.45, 2.75) is 32.9 Å². The SMILES string of the molecule is Cc1ccc(C(C)NC(=NCc2ccc([N+](=O)[O-])cc2)NCCCN2CCOCC2)o1.I. The predicted molar refractivity (Wildman–Crippen MR) is 135 cm³/mol. The standard InChI is InChI=1S/C22H31N5O4.HI/c1-17-4-9-21(31-17)18(2)25-22(23-10-3-11-26-12-14-30-15-13-26)24-16-19-5-7-20(8-6-19)27(28)29;/h4-9,18H,3,10-16H2,1-2H3,(H2,23,24,25);1H. The van der Waals surface area contributed by atoms with Crippen LogP contribution in [0.25, 0.3) is 0 Å². The largest absolute Gasteiger partial charge is 0.464 e. The zero-order chi connectivity index (χ0) is 22.1. The fourth-order valence-electron chi connectivity index (χ4n) is 3.34. The van der Waals surface area contributed by atoms with Crippen LogP contribution in [0.2, 0.25) is 0 Å². The van der Waals surface area contributed by atoms with Gasteiger partial charge in [0.05, 0.1) is 30.7 Å². The third-order valence-electron chi connectivity index (χ3n) is 5.16. The molecule has 2 aromatic rings. The Morgan fingerprint density at radius 1 is 1.22 bits per heavy atom. The minimum atomic E-state index is -0.400. The van der Waals surface area contributed by atoms with E-state index in [-0.39, 0.29) is 35.7 Å². The summed E-state index contributed by atoms with van der Waals surface area (Å²) >= 11 is 0. The first-order valence-corrected chi connectivity index (χ1v) is 10.7. The van der Waals surface area contributed by atoms with E-state index in [0.29, 0.717) is 12.5 Å². The van der Waals surface area contributed by atoms with Crippen LogP contribution in [0.4, 0.5) is 5.69 Å². The van der Waals surface area contributed by atoms with Crippen molar-refractivity contribution in [3.63, 3.8) is 0 Å². The maximum Gasteiger partial charge on any atom is 0.269 e. The molecule has 1 saturated heterocycles. The highest BCUT2D eigenvalue weighted by molar-refractivity contribution is 14.0. The number of nitro benzene ring substituents is 1. The number of ether oxygens (including phenoxy) is 1. The average molecular weight is 557 g/mol. The van der Waals surface area contributed by atoms with E-state index >= 15 is 0 Å². The molecule has 1 aromatic heterocycles. The Bertz CT molecular complexity index is 865. The Morgan fingerprint density at radius 3 is 2.56 bits per heavy atom. The van der Waals surface area contributed by atoms with Crippen LogP contribution in [-0.4, -0.2) is 55.2 Å². The number of nitro groups is 1. The molecule has 1 unspecified atom stereocenters. The second-order valence-electron chi connectivity index (χ2n) is 7.64. The molecule has 3 rings (SSSR count). The lowest BCUT2D eigenvalue weighted by Crippen LogP contribution is -2.41. The molecule has 0 aliphatic carbocycles. The maximum absolute atomic E-state index is 10.8. The summed E-state index contributed by atoms with van der Waals surface area (Å²) in [5.41, 5.74) is 0.982. The van der Waals surface area contributed by atoms with Gasteiger partial charge in [0, 0.05) is 31.8 Å². The van der Waals surface area contributed by atoms with Gasteiger partial charge in [-0.1, -0.05) is 12.1 Å². The van der Waals surface area contributed by atoms with Gasteiger partial charge < -0.3 is 19.8 Å². The number of aryl methyl sites for hydroxylation is 1. The van der Waals surface area contributed by atoms with Crippen LogP contribution >= 0.6 is 24.0 Å². The number of hydrogen-bond donors (Lipinski definition) is 2. The van der Waals surface area contributed by atoms with Gasteiger partial charge in [0.2, 0.25) is 0 Å². The van der Waals surface area contributed by atoms with Crippen LogP contribution in [0.1, 0.15) is 36.5 Å². The van der Waals surface area contributed by atoms with Gasteiger partial charge in [0.1, 0.15) is 11.5 Å². The Hall–Kier alpha value is -2.18. The number of non-ortho nitro benzene ring substituents is 1. The van der Waals surface area contributed by atoms with E-state index in [1.807, 2.05) is 26.0 Å². The summed E-state index contributed by atoms with van der Waals surface area (Å²) in [5.74, 6) is 2.39. The summed E-state index contributed by atoms with van der Waals surface area (Å²) in [6, 6.07) is 10.3.